The van der Waals surface area contributed by atoms with Crippen LogP contribution in [0.25, 0.3) is 10.2 Å². The lowest BCUT2D eigenvalue weighted by molar-refractivity contribution is -0.114. The van der Waals surface area contributed by atoms with E-state index in [0.717, 1.165) is 4.70 Å². The smallest absolute Gasteiger partial charge is 0.225 e. The molecule has 3 rings (SSSR count). The summed E-state index contributed by atoms with van der Waals surface area (Å²) in [5.74, 6) is 0.544. The van der Waals surface area contributed by atoms with Crippen molar-refractivity contribution in [3.05, 3.63) is 29.4 Å². The van der Waals surface area contributed by atoms with Crippen molar-refractivity contribution in [3.8, 4) is 11.6 Å². The summed E-state index contributed by atoms with van der Waals surface area (Å²) < 4.78 is 6.56. The van der Waals surface area contributed by atoms with E-state index in [4.69, 9.17) is 22.1 Å². The molecule has 9 heteroatoms. The van der Waals surface area contributed by atoms with E-state index in [0.29, 0.717) is 16.4 Å². The molecule has 0 spiro atoms. The summed E-state index contributed by atoms with van der Waals surface area (Å²) in [5.41, 5.74) is 6.15. The molecule has 3 aromatic rings. The van der Waals surface area contributed by atoms with Crippen LogP contribution in [0.1, 0.15) is 6.92 Å². The summed E-state index contributed by atoms with van der Waals surface area (Å²) in [4.78, 5) is 23.2. The summed E-state index contributed by atoms with van der Waals surface area (Å²) in [6, 6.07) is 6.90. The molecule has 3 N–H and O–H groups in total. The maximum atomic E-state index is 11.1. The highest BCUT2D eigenvalue weighted by molar-refractivity contribution is 7.22. The van der Waals surface area contributed by atoms with Gasteiger partial charge in [-0.2, -0.15) is 4.98 Å². The van der Waals surface area contributed by atoms with Crippen molar-refractivity contribution >= 4 is 50.1 Å². The summed E-state index contributed by atoms with van der Waals surface area (Å²) in [6.07, 6.45) is 0. The number of fused-ring (bicyclic) bond motifs is 1. The number of nitrogen functional groups attached to an aromatic ring is 1. The number of nitrogens with zero attached hydrogens (tertiary/aromatic N) is 3. The van der Waals surface area contributed by atoms with E-state index < -0.39 is 0 Å². The summed E-state index contributed by atoms with van der Waals surface area (Å²) >= 11 is 7.17. The Morgan fingerprint density at radius 2 is 2.18 bits per heavy atom. The molecule has 0 unspecified atom stereocenters. The van der Waals surface area contributed by atoms with Gasteiger partial charge < -0.3 is 15.8 Å². The number of aromatic nitrogens is 3. The molecule has 2 heterocycles. The van der Waals surface area contributed by atoms with Gasteiger partial charge in [-0.15, -0.1) is 0 Å². The van der Waals surface area contributed by atoms with Crippen LogP contribution in [0.4, 0.5) is 11.1 Å². The van der Waals surface area contributed by atoms with Crippen molar-refractivity contribution in [3.63, 3.8) is 0 Å². The lowest BCUT2D eigenvalue weighted by Gasteiger charge is -2.05. The molecule has 0 radical (unpaired) electrons. The largest absolute Gasteiger partial charge is 0.436 e. The van der Waals surface area contributed by atoms with Crippen LogP contribution in [-0.4, -0.2) is 20.9 Å². The third-order valence-corrected chi connectivity index (χ3v) is 3.70. The molecule has 2 aromatic heterocycles. The number of hydrogen-bond donors (Lipinski definition) is 2. The summed E-state index contributed by atoms with van der Waals surface area (Å²) in [5, 5.41) is 3.34. The first-order valence-electron chi connectivity index (χ1n) is 6.16. The van der Waals surface area contributed by atoms with Crippen LogP contribution in [0.3, 0.4) is 0 Å². The Kier molecular flexibility index (Phi) is 3.78. The van der Waals surface area contributed by atoms with Crippen molar-refractivity contribution in [2.45, 2.75) is 6.92 Å². The molecule has 0 aliphatic heterocycles. The van der Waals surface area contributed by atoms with Crippen molar-refractivity contribution in [1.29, 1.82) is 0 Å². The molecule has 0 aliphatic rings. The van der Waals surface area contributed by atoms with Gasteiger partial charge in [0, 0.05) is 13.0 Å². The van der Waals surface area contributed by atoms with Crippen LogP contribution in [0.15, 0.2) is 24.3 Å². The van der Waals surface area contributed by atoms with Crippen LogP contribution in [-0.2, 0) is 4.79 Å². The van der Waals surface area contributed by atoms with Gasteiger partial charge in [0.2, 0.25) is 17.7 Å². The first-order chi connectivity index (χ1) is 10.5. The number of ether oxygens (including phenoxy) is 1. The Bertz CT molecular complexity index is 847. The number of carbonyl (C=O) groups is 1. The van der Waals surface area contributed by atoms with Gasteiger partial charge in [-0.3, -0.25) is 4.79 Å². The minimum Gasteiger partial charge on any atom is -0.436 e. The van der Waals surface area contributed by atoms with Gasteiger partial charge in [0.1, 0.15) is 10.7 Å². The zero-order valence-electron chi connectivity index (χ0n) is 11.3. The fourth-order valence-electron chi connectivity index (χ4n) is 1.79. The molecule has 7 nitrogen and oxygen atoms in total. The maximum Gasteiger partial charge on any atom is 0.225 e. The molecule has 0 saturated heterocycles. The minimum absolute atomic E-state index is 0.0203. The zero-order chi connectivity index (χ0) is 15.7. The number of carbonyl (C=O) groups excluding carboxylic acids is 1. The van der Waals surface area contributed by atoms with Gasteiger partial charge in [0.25, 0.3) is 0 Å². The average molecular weight is 336 g/mol. The molecule has 0 saturated carbocycles. The predicted molar refractivity (Wildman–Crippen MR) is 85.5 cm³/mol. The number of nitrogens with two attached hydrogens (primary N) is 1. The monoisotopic (exact) mass is 335 g/mol. The highest BCUT2D eigenvalue weighted by atomic mass is 35.5. The Hall–Kier alpha value is -2.45. The van der Waals surface area contributed by atoms with Crippen LogP contribution in [0.2, 0.25) is 5.15 Å². The normalized spacial score (nSPS) is 10.6. The number of amides is 1. The Morgan fingerprint density at radius 1 is 1.36 bits per heavy atom. The van der Waals surface area contributed by atoms with Crippen LogP contribution in [0, 0.1) is 0 Å². The molecule has 1 amide bonds. The highest BCUT2D eigenvalue weighted by Crippen LogP contribution is 2.34. The maximum absolute atomic E-state index is 11.1. The van der Waals surface area contributed by atoms with E-state index in [2.05, 4.69) is 20.3 Å². The van der Waals surface area contributed by atoms with Gasteiger partial charge in [0.15, 0.2) is 10.9 Å². The fourth-order valence-corrected chi connectivity index (χ4v) is 2.90. The van der Waals surface area contributed by atoms with Crippen molar-refractivity contribution in [2.24, 2.45) is 0 Å². The van der Waals surface area contributed by atoms with Gasteiger partial charge in [0.05, 0.1) is 4.70 Å². The van der Waals surface area contributed by atoms with Crippen molar-refractivity contribution in [1.82, 2.24) is 15.0 Å². The van der Waals surface area contributed by atoms with Gasteiger partial charge in [-0.25, -0.2) is 9.97 Å². The summed E-state index contributed by atoms with van der Waals surface area (Å²) in [6.45, 7) is 1.43. The quantitative estimate of drug-likeness (QED) is 0.713. The third kappa shape index (κ3) is 3.07. The standard InChI is InChI=1S/C13H10ClN5O2S/c1-6(20)16-13-19-11-7(3-2-4-8(11)22-13)21-10-5-9(14)17-12(15)18-10/h2-5H,1H3,(H2,15,17,18)(H,16,19,20). The van der Waals surface area contributed by atoms with E-state index >= 15 is 0 Å². The lowest BCUT2D eigenvalue weighted by Crippen LogP contribution is -2.04. The molecular formula is C13H10ClN5O2S. The van der Waals surface area contributed by atoms with Gasteiger partial charge in [-0.1, -0.05) is 29.0 Å². The van der Waals surface area contributed by atoms with Crippen LogP contribution >= 0.6 is 22.9 Å². The number of anilines is 2. The molecule has 0 fully saturated rings. The number of para-hydroxylation sites is 1. The molecule has 0 bridgehead atoms. The number of nitrogens with one attached hydrogen (secondary N) is 1. The molecule has 1 aromatic carbocycles. The fraction of sp³-hybridized carbons (Fsp3) is 0.0769. The average Bonchev–Trinajstić information content (AvgIpc) is 2.80. The number of benzene rings is 1. The van der Waals surface area contributed by atoms with E-state index in [1.807, 2.05) is 12.1 Å². The Morgan fingerprint density at radius 3 is 2.91 bits per heavy atom. The molecule has 22 heavy (non-hydrogen) atoms. The lowest BCUT2D eigenvalue weighted by atomic mass is 10.3. The van der Waals surface area contributed by atoms with Crippen molar-refractivity contribution < 1.29 is 9.53 Å². The van der Waals surface area contributed by atoms with Crippen molar-refractivity contribution in [2.75, 3.05) is 11.1 Å². The predicted octanol–water partition coefficient (Wildman–Crippen LogP) is 3.07. The van der Waals surface area contributed by atoms with Gasteiger partial charge >= 0.3 is 0 Å². The molecule has 0 aliphatic carbocycles. The third-order valence-electron chi connectivity index (χ3n) is 2.57. The summed E-state index contributed by atoms with van der Waals surface area (Å²) in [7, 11) is 0. The second-order valence-corrected chi connectivity index (χ2v) is 5.71. The Balaban J connectivity index is 1.99. The van der Waals surface area contributed by atoms with Crippen LogP contribution in [0.5, 0.6) is 11.6 Å². The molecular weight excluding hydrogens is 326 g/mol. The number of halogens is 1. The second-order valence-electron chi connectivity index (χ2n) is 4.29. The first kappa shape index (κ1) is 14.5. The van der Waals surface area contributed by atoms with Crippen LogP contribution < -0.4 is 15.8 Å². The number of thiazole rings is 1. The SMILES string of the molecule is CC(=O)Nc1nc2c(Oc3cc(Cl)nc(N)n3)cccc2s1. The molecule has 0 atom stereocenters. The minimum atomic E-state index is -0.183. The number of hydrogen-bond acceptors (Lipinski definition) is 7. The zero-order valence-corrected chi connectivity index (χ0v) is 12.9. The molecule has 112 valence electrons. The van der Waals surface area contributed by atoms with E-state index in [-0.39, 0.29) is 22.9 Å². The van der Waals surface area contributed by atoms with E-state index in [9.17, 15) is 4.79 Å². The van der Waals surface area contributed by atoms with E-state index in [1.165, 1.54) is 24.3 Å². The topological polar surface area (TPSA) is 103 Å². The first-order valence-corrected chi connectivity index (χ1v) is 7.36. The number of rotatable bonds is 3. The van der Waals surface area contributed by atoms with E-state index in [1.54, 1.807) is 6.07 Å². The highest BCUT2D eigenvalue weighted by Gasteiger charge is 2.12. The Labute approximate surface area is 134 Å². The second kappa shape index (κ2) is 5.74. The van der Waals surface area contributed by atoms with Gasteiger partial charge in [-0.05, 0) is 12.1 Å².